The van der Waals surface area contributed by atoms with E-state index in [-0.39, 0.29) is 0 Å². The predicted molar refractivity (Wildman–Crippen MR) is 78.7 cm³/mol. The number of benzene rings is 1. The van der Waals surface area contributed by atoms with Crippen molar-refractivity contribution in [2.24, 2.45) is 0 Å². The van der Waals surface area contributed by atoms with Crippen LogP contribution in [0.15, 0.2) is 12.1 Å². The summed E-state index contributed by atoms with van der Waals surface area (Å²) in [4.78, 5) is 2.18. The Hall–Kier alpha value is -1.02. The molecule has 0 fully saturated rings. The van der Waals surface area contributed by atoms with Crippen molar-refractivity contribution in [1.82, 2.24) is 4.90 Å². The zero-order valence-corrected chi connectivity index (χ0v) is 12.7. The van der Waals surface area contributed by atoms with Gasteiger partial charge in [0.25, 0.3) is 0 Å². The third-order valence-corrected chi connectivity index (χ3v) is 3.41. The molecule has 0 bridgehead atoms. The molecule has 0 saturated carbocycles. The lowest BCUT2D eigenvalue weighted by Crippen LogP contribution is -2.15. The Morgan fingerprint density at radius 1 is 1.11 bits per heavy atom. The molecule has 0 unspecified atom stereocenters. The fourth-order valence-corrected chi connectivity index (χ4v) is 2.16. The molecule has 18 heavy (non-hydrogen) atoms. The molecule has 2 nitrogen and oxygen atoms in total. The second-order valence-electron chi connectivity index (χ2n) is 5.56. The van der Waals surface area contributed by atoms with Crippen LogP contribution in [0.5, 0.6) is 5.75 Å². The lowest BCUT2D eigenvalue weighted by atomic mass is 9.94. The van der Waals surface area contributed by atoms with Gasteiger partial charge in [-0.25, -0.2) is 0 Å². The lowest BCUT2D eigenvalue weighted by Gasteiger charge is -2.17. The zero-order chi connectivity index (χ0) is 13.7. The van der Waals surface area contributed by atoms with Crippen molar-refractivity contribution in [2.75, 3.05) is 27.2 Å². The van der Waals surface area contributed by atoms with Crippen LogP contribution in [0.25, 0.3) is 0 Å². The van der Waals surface area contributed by atoms with E-state index in [9.17, 15) is 0 Å². The summed E-state index contributed by atoms with van der Waals surface area (Å²) >= 11 is 0. The van der Waals surface area contributed by atoms with E-state index in [1.165, 1.54) is 16.7 Å². The van der Waals surface area contributed by atoms with Crippen LogP contribution in [0, 0.1) is 13.8 Å². The van der Waals surface area contributed by atoms with Crippen molar-refractivity contribution < 1.29 is 4.74 Å². The maximum absolute atomic E-state index is 5.88. The first-order valence-corrected chi connectivity index (χ1v) is 6.81. The fourth-order valence-electron chi connectivity index (χ4n) is 2.16. The minimum absolute atomic E-state index is 0.575. The SMILES string of the molecule is Cc1c(OCCCN(C)C)ccc(C(C)C)c1C. The topological polar surface area (TPSA) is 12.5 Å². The van der Waals surface area contributed by atoms with Gasteiger partial charge < -0.3 is 9.64 Å². The van der Waals surface area contributed by atoms with Gasteiger partial charge >= 0.3 is 0 Å². The van der Waals surface area contributed by atoms with E-state index < -0.39 is 0 Å². The highest BCUT2D eigenvalue weighted by Gasteiger charge is 2.09. The highest BCUT2D eigenvalue weighted by molar-refractivity contribution is 5.44. The van der Waals surface area contributed by atoms with Crippen LogP contribution in [0.2, 0.25) is 0 Å². The first-order chi connectivity index (χ1) is 8.43. The van der Waals surface area contributed by atoms with E-state index in [1.54, 1.807) is 0 Å². The molecule has 2 heteroatoms. The van der Waals surface area contributed by atoms with E-state index in [2.05, 4.69) is 58.8 Å². The van der Waals surface area contributed by atoms with Gasteiger partial charge in [-0.1, -0.05) is 19.9 Å². The summed E-state index contributed by atoms with van der Waals surface area (Å²) in [5, 5.41) is 0. The number of hydrogen-bond acceptors (Lipinski definition) is 2. The molecule has 0 aliphatic carbocycles. The number of rotatable bonds is 6. The molecular formula is C16H27NO. The third kappa shape index (κ3) is 4.02. The Morgan fingerprint density at radius 2 is 1.78 bits per heavy atom. The Kier molecular flexibility index (Phi) is 5.67. The van der Waals surface area contributed by atoms with Crippen LogP contribution in [0.3, 0.4) is 0 Å². The molecule has 0 N–H and O–H groups in total. The number of nitrogens with zero attached hydrogens (tertiary/aromatic N) is 1. The minimum atomic E-state index is 0.575. The zero-order valence-electron chi connectivity index (χ0n) is 12.7. The molecule has 0 spiro atoms. The number of hydrogen-bond donors (Lipinski definition) is 0. The Bertz CT molecular complexity index is 383. The highest BCUT2D eigenvalue weighted by Crippen LogP contribution is 2.28. The molecule has 1 aromatic rings. The van der Waals surface area contributed by atoms with E-state index in [0.29, 0.717) is 5.92 Å². The normalized spacial score (nSPS) is 11.3. The summed E-state index contributed by atoms with van der Waals surface area (Å²) in [6, 6.07) is 4.32. The molecule has 1 rings (SSSR count). The van der Waals surface area contributed by atoms with Crippen LogP contribution in [-0.2, 0) is 0 Å². The molecular weight excluding hydrogens is 222 g/mol. The Balaban J connectivity index is 2.65. The summed E-state index contributed by atoms with van der Waals surface area (Å²) in [7, 11) is 4.18. The van der Waals surface area contributed by atoms with Crippen LogP contribution in [-0.4, -0.2) is 32.1 Å². The second-order valence-corrected chi connectivity index (χ2v) is 5.56. The van der Waals surface area contributed by atoms with Crippen LogP contribution in [0.1, 0.15) is 42.9 Å². The lowest BCUT2D eigenvalue weighted by molar-refractivity contribution is 0.280. The molecule has 0 aromatic heterocycles. The summed E-state index contributed by atoms with van der Waals surface area (Å²) < 4.78 is 5.88. The average Bonchev–Trinajstić information content (AvgIpc) is 2.29. The van der Waals surface area contributed by atoms with Gasteiger partial charge in [-0.2, -0.15) is 0 Å². The summed E-state index contributed by atoms with van der Waals surface area (Å²) in [5.41, 5.74) is 4.08. The molecule has 1 aromatic carbocycles. The maximum Gasteiger partial charge on any atom is 0.122 e. The molecule has 0 saturated heterocycles. The fraction of sp³-hybridized carbons (Fsp3) is 0.625. The Labute approximate surface area is 112 Å². The van der Waals surface area contributed by atoms with Gasteiger partial charge in [-0.15, -0.1) is 0 Å². The van der Waals surface area contributed by atoms with Gasteiger partial charge in [0.05, 0.1) is 6.61 Å². The van der Waals surface area contributed by atoms with Gasteiger partial charge in [-0.05, 0) is 63.0 Å². The van der Waals surface area contributed by atoms with E-state index in [1.807, 2.05) is 0 Å². The molecule has 0 heterocycles. The first kappa shape index (κ1) is 15.0. The minimum Gasteiger partial charge on any atom is -0.493 e. The monoisotopic (exact) mass is 249 g/mol. The molecule has 0 amide bonds. The predicted octanol–water partition coefficient (Wildman–Crippen LogP) is 3.76. The van der Waals surface area contributed by atoms with Crippen LogP contribution in [0.4, 0.5) is 0 Å². The molecule has 0 aliphatic heterocycles. The summed E-state index contributed by atoms with van der Waals surface area (Å²) in [6.45, 7) is 10.7. The van der Waals surface area contributed by atoms with Crippen LogP contribution < -0.4 is 4.74 Å². The smallest absolute Gasteiger partial charge is 0.122 e. The molecule has 0 aliphatic rings. The highest BCUT2D eigenvalue weighted by atomic mass is 16.5. The Morgan fingerprint density at radius 3 is 2.33 bits per heavy atom. The van der Waals surface area contributed by atoms with E-state index >= 15 is 0 Å². The maximum atomic E-state index is 5.88. The second kappa shape index (κ2) is 6.79. The molecule has 0 atom stereocenters. The largest absolute Gasteiger partial charge is 0.493 e. The third-order valence-electron chi connectivity index (χ3n) is 3.41. The van der Waals surface area contributed by atoms with Crippen molar-refractivity contribution in [3.05, 3.63) is 28.8 Å². The van der Waals surface area contributed by atoms with Gasteiger partial charge in [0.1, 0.15) is 5.75 Å². The molecule has 0 radical (unpaired) electrons. The van der Waals surface area contributed by atoms with Crippen molar-refractivity contribution in [3.8, 4) is 5.75 Å². The summed E-state index contributed by atoms with van der Waals surface area (Å²) in [5.74, 6) is 1.61. The standard InChI is InChI=1S/C16H27NO/c1-12(2)15-8-9-16(14(4)13(15)3)18-11-7-10-17(5)6/h8-9,12H,7,10-11H2,1-6H3. The van der Waals surface area contributed by atoms with Crippen molar-refractivity contribution in [2.45, 2.75) is 40.0 Å². The van der Waals surface area contributed by atoms with Crippen LogP contribution >= 0.6 is 0 Å². The van der Waals surface area contributed by atoms with Gasteiger partial charge in [-0.3, -0.25) is 0 Å². The molecule has 102 valence electrons. The van der Waals surface area contributed by atoms with Crippen molar-refractivity contribution >= 4 is 0 Å². The van der Waals surface area contributed by atoms with Gasteiger partial charge in [0.2, 0.25) is 0 Å². The van der Waals surface area contributed by atoms with E-state index in [0.717, 1.165) is 25.3 Å². The van der Waals surface area contributed by atoms with Crippen molar-refractivity contribution in [3.63, 3.8) is 0 Å². The first-order valence-electron chi connectivity index (χ1n) is 6.81. The quantitative estimate of drug-likeness (QED) is 0.712. The van der Waals surface area contributed by atoms with Gasteiger partial charge in [0, 0.05) is 6.54 Å². The number of ether oxygens (including phenoxy) is 1. The average molecular weight is 249 g/mol. The van der Waals surface area contributed by atoms with Gasteiger partial charge in [0.15, 0.2) is 0 Å². The van der Waals surface area contributed by atoms with E-state index in [4.69, 9.17) is 4.74 Å². The summed E-state index contributed by atoms with van der Waals surface area (Å²) in [6.07, 6.45) is 1.07. The van der Waals surface area contributed by atoms with Crippen molar-refractivity contribution in [1.29, 1.82) is 0 Å².